The summed E-state index contributed by atoms with van der Waals surface area (Å²) in [7, 11) is 0. The summed E-state index contributed by atoms with van der Waals surface area (Å²) in [6.45, 7) is 3.00. The number of unbranched alkanes of at least 4 members (excludes halogenated alkanes) is 6. The van der Waals surface area contributed by atoms with Gasteiger partial charge in [0.2, 0.25) is 0 Å². The Morgan fingerprint density at radius 1 is 0.516 bits per heavy atom. The van der Waals surface area contributed by atoms with Crippen molar-refractivity contribution in [2.24, 2.45) is 0 Å². The first-order valence-corrected chi connectivity index (χ1v) is 22.4. The van der Waals surface area contributed by atoms with Gasteiger partial charge >= 0.3 is 11.9 Å². The lowest BCUT2D eigenvalue weighted by molar-refractivity contribution is -0.133. The van der Waals surface area contributed by atoms with Gasteiger partial charge in [0.15, 0.2) is 0 Å². The first-order chi connectivity index (χ1) is 30.3. The van der Waals surface area contributed by atoms with Crippen molar-refractivity contribution < 1.29 is 29.3 Å². The third kappa shape index (κ3) is 11.0. The molecule has 0 aliphatic carbocycles. The van der Waals surface area contributed by atoms with Crippen molar-refractivity contribution in [1.29, 1.82) is 10.5 Å². The number of fused-ring (bicyclic) bond motifs is 4. The van der Waals surface area contributed by atoms with Crippen molar-refractivity contribution >= 4 is 70.4 Å². The molecule has 0 unspecified atom stereocenters. The molecule has 314 valence electrons. The van der Waals surface area contributed by atoms with Crippen LogP contribution in [0.4, 0.5) is 22.7 Å². The van der Waals surface area contributed by atoms with E-state index in [-0.39, 0.29) is 11.1 Å². The molecule has 12 heteroatoms. The molecular weight excluding hydrogens is 817 g/mol. The Morgan fingerprint density at radius 2 is 0.903 bits per heavy atom. The Labute approximate surface area is 370 Å². The molecule has 0 saturated heterocycles. The number of rotatable bonds is 20. The van der Waals surface area contributed by atoms with Crippen molar-refractivity contribution in [3.63, 3.8) is 0 Å². The predicted molar refractivity (Wildman–Crippen MR) is 245 cm³/mol. The van der Waals surface area contributed by atoms with Gasteiger partial charge in [-0.15, -0.1) is 0 Å². The molecule has 0 radical (unpaired) electrons. The quantitative estimate of drug-likeness (QED) is 0.0436. The maximum Gasteiger partial charge on any atom is 0.346 e. The third-order valence-electron chi connectivity index (χ3n) is 10.5. The molecule has 0 atom stereocenters. The largest absolute Gasteiger partial charge is 0.494 e. The van der Waals surface area contributed by atoms with E-state index >= 15 is 0 Å². The second-order valence-corrected chi connectivity index (χ2v) is 17.0. The van der Waals surface area contributed by atoms with E-state index in [1.165, 1.54) is 23.5 Å². The number of hydrogen-bond acceptors (Lipinski definition) is 10. The minimum absolute atomic E-state index is 0.288. The number of nitrogens with zero attached hydrogens (tertiary/aromatic N) is 4. The highest BCUT2D eigenvalue weighted by Crippen LogP contribution is 2.50. The molecule has 10 nitrogen and oxygen atoms in total. The van der Waals surface area contributed by atoms with E-state index in [0.717, 1.165) is 107 Å². The molecule has 2 aliphatic heterocycles. The lowest BCUT2D eigenvalue weighted by atomic mass is 10.1. The first kappa shape index (κ1) is 43.5. The Bertz CT molecular complexity index is 2380. The van der Waals surface area contributed by atoms with Gasteiger partial charge in [0, 0.05) is 32.7 Å². The summed E-state index contributed by atoms with van der Waals surface area (Å²) in [5.74, 6) is -0.806. The van der Waals surface area contributed by atoms with Crippen LogP contribution in [0, 0.1) is 22.7 Å². The van der Waals surface area contributed by atoms with Crippen LogP contribution in [-0.4, -0.2) is 48.5 Å². The first-order valence-electron chi connectivity index (χ1n) is 20.7. The third-order valence-corrected chi connectivity index (χ3v) is 12.8. The molecular formula is C50H46N4O6S2. The molecule has 62 heavy (non-hydrogen) atoms. The van der Waals surface area contributed by atoms with Gasteiger partial charge in [0.25, 0.3) is 0 Å². The van der Waals surface area contributed by atoms with Crippen LogP contribution in [0.1, 0.15) is 62.5 Å². The van der Waals surface area contributed by atoms with Crippen molar-refractivity contribution in [3.8, 4) is 23.6 Å². The summed E-state index contributed by atoms with van der Waals surface area (Å²) < 4.78 is 12.1. The molecule has 0 amide bonds. The van der Waals surface area contributed by atoms with Crippen LogP contribution < -0.4 is 19.3 Å². The molecule has 5 aromatic rings. The zero-order chi connectivity index (χ0) is 43.3. The lowest BCUT2D eigenvalue weighted by Crippen LogP contribution is -2.22. The van der Waals surface area contributed by atoms with E-state index in [4.69, 9.17) is 9.47 Å². The van der Waals surface area contributed by atoms with Gasteiger partial charge < -0.3 is 29.5 Å². The number of anilines is 4. The summed E-state index contributed by atoms with van der Waals surface area (Å²) in [5, 5.41) is 37.0. The molecule has 0 spiro atoms. The number of nitriles is 2. The molecule has 0 fully saturated rings. The average Bonchev–Trinajstić information content (AvgIpc) is 3.28. The second kappa shape index (κ2) is 21.3. The van der Waals surface area contributed by atoms with Crippen molar-refractivity contribution in [1.82, 2.24) is 0 Å². The topological polar surface area (TPSA) is 147 Å². The molecule has 2 aliphatic rings. The fourth-order valence-corrected chi connectivity index (χ4v) is 9.73. The van der Waals surface area contributed by atoms with Crippen LogP contribution in [0.3, 0.4) is 0 Å². The van der Waals surface area contributed by atoms with Crippen LogP contribution in [0.15, 0.2) is 140 Å². The number of hydrogen-bond donors (Lipinski definition) is 2. The lowest BCUT2D eigenvalue weighted by Gasteiger charge is -2.33. The minimum atomic E-state index is -1.23. The minimum Gasteiger partial charge on any atom is -0.494 e. The smallest absolute Gasteiger partial charge is 0.346 e. The van der Waals surface area contributed by atoms with Gasteiger partial charge in [-0.1, -0.05) is 85.6 Å². The normalized spacial score (nSPS) is 12.9. The second-order valence-electron chi connectivity index (χ2n) is 14.8. The number of carboxylic acid groups (broad SMARTS) is 2. The van der Waals surface area contributed by atoms with E-state index in [0.29, 0.717) is 24.3 Å². The number of benzene rings is 5. The highest BCUT2D eigenvalue weighted by molar-refractivity contribution is 8.00. The summed E-state index contributed by atoms with van der Waals surface area (Å²) in [4.78, 5) is 31.8. The molecule has 0 saturated carbocycles. The van der Waals surface area contributed by atoms with E-state index in [9.17, 15) is 30.3 Å². The molecule has 2 N–H and O–H groups in total. The summed E-state index contributed by atoms with van der Waals surface area (Å²) >= 11 is 3.32. The molecule has 7 rings (SSSR count). The van der Waals surface area contributed by atoms with Gasteiger partial charge in [-0.05, 0) is 122 Å². The number of carboxylic acids is 2. The van der Waals surface area contributed by atoms with Crippen LogP contribution >= 0.6 is 23.5 Å². The highest BCUT2D eigenvalue weighted by Gasteiger charge is 2.25. The van der Waals surface area contributed by atoms with Crippen molar-refractivity contribution in [2.75, 3.05) is 36.1 Å². The maximum atomic E-state index is 11.4. The van der Waals surface area contributed by atoms with Crippen LogP contribution in [-0.2, 0) is 9.59 Å². The fraction of sp³-hybridized carbons (Fsp3) is 0.240. The summed E-state index contributed by atoms with van der Waals surface area (Å²) in [5.41, 5.74) is 5.31. The zero-order valence-corrected chi connectivity index (χ0v) is 35.8. The molecule has 0 bridgehead atoms. The zero-order valence-electron chi connectivity index (χ0n) is 34.2. The summed E-state index contributed by atoms with van der Waals surface area (Å²) in [6.07, 6.45) is 11.0. The van der Waals surface area contributed by atoms with E-state index in [1.54, 1.807) is 35.7 Å². The van der Waals surface area contributed by atoms with Crippen LogP contribution in [0.2, 0.25) is 0 Å². The highest BCUT2D eigenvalue weighted by atomic mass is 32.2. The molecule has 2 heterocycles. The van der Waals surface area contributed by atoms with Crippen molar-refractivity contribution in [3.05, 3.63) is 131 Å². The van der Waals surface area contributed by atoms with Crippen molar-refractivity contribution in [2.45, 2.75) is 70.9 Å². The van der Waals surface area contributed by atoms with E-state index < -0.39 is 11.9 Å². The number of carbonyl (C=O) groups is 2. The maximum absolute atomic E-state index is 11.4. The number of ether oxygens (including phenoxy) is 2. The van der Waals surface area contributed by atoms with Crippen LogP contribution in [0.5, 0.6) is 11.5 Å². The predicted octanol–water partition coefficient (Wildman–Crippen LogP) is 12.2. The Balaban J connectivity index is 0.795. The van der Waals surface area contributed by atoms with Crippen LogP contribution in [0.25, 0.3) is 12.2 Å². The average molecular weight is 863 g/mol. The fourth-order valence-electron chi connectivity index (χ4n) is 7.44. The Hall–Kier alpha value is -6.60. The SMILES string of the molecule is N#C/C(=C\c1ccc2c(c1)Sc1ccccc1N2CCCCCCOc1ccc(OCCCCCCN2c3ccccc3Sc3cc(/C=C(\C#N)C(=O)O)ccc32)cc1)C(=O)O. The molecule has 5 aromatic carbocycles. The number of para-hydroxylation sites is 2. The van der Waals surface area contributed by atoms with Gasteiger partial charge in [0.05, 0.1) is 36.0 Å². The monoisotopic (exact) mass is 862 g/mol. The van der Waals surface area contributed by atoms with E-state index in [1.807, 2.05) is 72.8 Å². The van der Waals surface area contributed by atoms with E-state index in [2.05, 4.69) is 46.2 Å². The number of aliphatic carboxylic acids is 2. The molecule has 0 aromatic heterocycles. The van der Waals surface area contributed by atoms with Gasteiger partial charge in [-0.2, -0.15) is 10.5 Å². The van der Waals surface area contributed by atoms with Gasteiger partial charge in [-0.25, -0.2) is 9.59 Å². The summed E-state index contributed by atoms with van der Waals surface area (Å²) in [6, 6.07) is 39.7. The Morgan fingerprint density at radius 3 is 1.31 bits per heavy atom. The van der Waals surface area contributed by atoms with Gasteiger partial charge in [-0.3, -0.25) is 0 Å². The van der Waals surface area contributed by atoms with Gasteiger partial charge in [0.1, 0.15) is 34.8 Å². The Kier molecular flexibility index (Phi) is 14.9. The standard InChI is InChI=1S/C50H46N4O6S2/c51-33-37(49(55)56)29-35-17-23-43-47(31-35)61-45-15-7-5-13-41(45)53(43)25-9-1-3-11-27-59-39-19-21-40(22-20-39)60-28-12-4-2-10-26-54-42-14-6-8-16-46(42)62-48-32-36(18-24-44(48)54)30-38(34-52)50(57)58/h5-8,13-24,29-32H,1-4,9-12,25-28H2,(H,55,56)(H,57,58)/b37-29+,38-30+.